The van der Waals surface area contributed by atoms with Gasteiger partial charge in [0.15, 0.2) is 5.82 Å². The lowest BCUT2D eigenvalue weighted by atomic mass is 9.97. The van der Waals surface area contributed by atoms with E-state index < -0.39 is 0 Å². The van der Waals surface area contributed by atoms with E-state index in [9.17, 15) is 0 Å². The third-order valence-electron chi connectivity index (χ3n) is 5.56. The van der Waals surface area contributed by atoms with Gasteiger partial charge >= 0.3 is 0 Å². The van der Waals surface area contributed by atoms with E-state index in [4.69, 9.17) is 13.9 Å². The zero-order chi connectivity index (χ0) is 23.2. The zero-order valence-electron chi connectivity index (χ0n) is 18.8. The smallest absolute Gasteiger partial charge is 0.230 e. The Morgan fingerprint density at radius 3 is 2.53 bits per heavy atom. The van der Waals surface area contributed by atoms with Crippen molar-refractivity contribution in [3.8, 4) is 28.2 Å². The van der Waals surface area contributed by atoms with Crippen LogP contribution in [0, 0.1) is 0 Å². The van der Waals surface area contributed by atoms with Crippen LogP contribution in [-0.4, -0.2) is 50.9 Å². The number of benzene rings is 2. The summed E-state index contributed by atoms with van der Waals surface area (Å²) >= 11 is 0. The summed E-state index contributed by atoms with van der Waals surface area (Å²) in [6.07, 6.45) is 3.76. The van der Waals surface area contributed by atoms with E-state index in [-0.39, 0.29) is 0 Å². The third kappa shape index (κ3) is 4.65. The standard InChI is InChI=1S/C25H24N6O3/c1-32-19-11-9-17(10-12-19)22-23-20(8-5-14-33-15-13-21-28-30-31-29-21)26-16-27-25(23)34-24(22)18-6-3-2-4-7-18/h2-4,6-7,9-12,16H,5,8,13-15H2,1H3,(H,28,29,30,31). The molecule has 9 nitrogen and oxygen atoms in total. The van der Waals surface area contributed by atoms with Crippen LogP contribution in [0.15, 0.2) is 65.3 Å². The summed E-state index contributed by atoms with van der Waals surface area (Å²) in [5, 5.41) is 14.7. The first-order valence-corrected chi connectivity index (χ1v) is 11.1. The monoisotopic (exact) mass is 456 g/mol. The van der Waals surface area contributed by atoms with Crippen molar-refractivity contribution in [1.82, 2.24) is 30.6 Å². The molecule has 0 fully saturated rings. The lowest BCUT2D eigenvalue weighted by Gasteiger charge is -2.08. The van der Waals surface area contributed by atoms with Crippen LogP contribution >= 0.6 is 0 Å². The highest BCUT2D eigenvalue weighted by molar-refractivity contribution is 6.01. The Bertz CT molecular complexity index is 1330. The molecule has 3 heterocycles. The molecule has 0 aliphatic heterocycles. The Morgan fingerprint density at radius 2 is 1.76 bits per heavy atom. The SMILES string of the molecule is COc1ccc(-c2c(-c3ccccc3)oc3ncnc(CCCOCCc4nnn[nH]4)c23)cc1. The molecule has 0 atom stereocenters. The number of H-pyrrole nitrogens is 1. The van der Waals surface area contributed by atoms with E-state index in [0.29, 0.717) is 31.2 Å². The van der Waals surface area contributed by atoms with E-state index in [1.807, 2.05) is 54.6 Å². The van der Waals surface area contributed by atoms with Gasteiger partial charge in [0.25, 0.3) is 0 Å². The van der Waals surface area contributed by atoms with Gasteiger partial charge in [-0.1, -0.05) is 42.5 Å². The normalized spacial score (nSPS) is 11.2. The second kappa shape index (κ2) is 10.2. The molecule has 0 spiro atoms. The van der Waals surface area contributed by atoms with Crippen molar-refractivity contribution >= 4 is 11.1 Å². The highest BCUT2D eigenvalue weighted by Crippen LogP contribution is 2.41. The quantitative estimate of drug-likeness (QED) is 0.310. The topological polar surface area (TPSA) is 112 Å². The molecule has 172 valence electrons. The molecule has 34 heavy (non-hydrogen) atoms. The van der Waals surface area contributed by atoms with Crippen molar-refractivity contribution in [3.63, 3.8) is 0 Å². The highest BCUT2D eigenvalue weighted by atomic mass is 16.5. The number of aryl methyl sites for hydroxylation is 1. The van der Waals surface area contributed by atoms with Crippen LogP contribution in [0.25, 0.3) is 33.6 Å². The molecule has 0 unspecified atom stereocenters. The molecule has 0 saturated heterocycles. The fourth-order valence-corrected chi connectivity index (χ4v) is 3.91. The van der Waals surface area contributed by atoms with Crippen molar-refractivity contribution in [2.24, 2.45) is 0 Å². The Balaban J connectivity index is 1.42. The first-order chi connectivity index (χ1) is 16.8. The van der Waals surface area contributed by atoms with Gasteiger partial charge in [0, 0.05) is 24.2 Å². The van der Waals surface area contributed by atoms with Gasteiger partial charge in [-0.25, -0.2) is 15.1 Å². The number of hydrogen-bond donors (Lipinski definition) is 1. The summed E-state index contributed by atoms with van der Waals surface area (Å²) < 4.78 is 17.4. The minimum absolute atomic E-state index is 0.553. The van der Waals surface area contributed by atoms with E-state index in [1.54, 1.807) is 13.4 Å². The van der Waals surface area contributed by atoms with Crippen LogP contribution in [-0.2, 0) is 17.6 Å². The van der Waals surface area contributed by atoms with Gasteiger partial charge in [-0.15, -0.1) is 5.10 Å². The fraction of sp³-hybridized carbons (Fsp3) is 0.240. The Morgan fingerprint density at radius 1 is 0.912 bits per heavy atom. The van der Waals surface area contributed by atoms with Crippen LogP contribution < -0.4 is 4.74 Å². The first-order valence-electron chi connectivity index (χ1n) is 11.1. The largest absolute Gasteiger partial charge is 0.497 e. The van der Waals surface area contributed by atoms with Crippen LogP contribution in [0.2, 0.25) is 0 Å². The number of tetrazole rings is 1. The Labute approximate surface area is 196 Å². The summed E-state index contributed by atoms with van der Waals surface area (Å²) in [6, 6.07) is 18.0. The van der Waals surface area contributed by atoms with Gasteiger partial charge in [-0.3, -0.25) is 0 Å². The first kappa shape index (κ1) is 21.7. The summed E-state index contributed by atoms with van der Waals surface area (Å²) in [4.78, 5) is 9.05. The molecule has 0 bridgehead atoms. The average Bonchev–Trinajstić information content (AvgIpc) is 3.55. The molecule has 0 amide bonds. The lowest BCUT2D eigenvalue weighted by molar-refractivity contribution is 0.133. The molecule has 2 aromatic carbocycles. The predicted octanol–water partition coefficient (Wildman–Crippen LogP) is 4.27. The third-order valence-corrected chi connectivity index (χ3v) is 5.56. The summed E-state index contributed by atoms with van der Waals surface area (Å²) in [5.74, 6) is 2.29. The fourth-order valence-electron chi connectivity index (χ4n) is 3.91. The Hall–Kier alpha value is -4.11. The van der Waals surface area contributed by atoms with E-state index in [2.05, 4.69) is 30.6 Å². The molecule has 0 aliphatic rings. The molecule has 5 aromatic rings. The van der Waals surface area contributed by atoms with Gasteiger partial charge in [-0.2, -0.15) is 0 Å². The maximum Gasteiger partial charge on any atom is 0.230 e. The van der Waals surface area contributed by atoms with E-state index in [1.165, 1.54) is 0 Å². The summed E-state index contributed by atoms with van der Waals surface area (Å²) in [5.41, 5.74) is 4.50. The van der Waals surface area contributed by atoms with Gasteiger partial charge in [-0.05, 0) is 41.0 Å². The van der Waals surface area contributed by atoms with Crippen molar-refractivity contribution in [1.29, 1.82) is 0 Å². The number of rotatable bonds is 10. The molecule has 9 heteroatoms. The van der Waals surface area contributed by atoms with Crippen molar-refractivity contribution in [2.45, 2.75) is 19.3 Å². The number of ether oxygens (including phenoxy) is 2. The van der Waals surface area contributed by atoms with Gasteiger partial charge < -0.3 is 13.9 Å². The molecular formula is C25H24N6O3. The number of methoxy groups -OCH3 is 1. The van der Waals surface area contributed by atoms with Crippen molar-refractivity contribution in [3.05, 3.63) is 72.4 Å². The number of hydrogen-bond acceptors (Lipinski definition) is 8. The van der Waals surface area contributed by atoms with Gasteiger partial charge in [0.05, 0.1) is 24.8 Å². The maximum atomic E-state index is 6.29. The number of furan rings is 1. The molecular weight excluding hydrogens is 432 g/mol. The molecule has 0 aliphatic carbocycles. The predicted molar refractivity (Wildman–Crippen MR) is 126 cm³/mol. The summed E-state index contributed by atoms with van der Waals surface area (Å²) in [6.45, 7) is 1.16. The van der Waals surface area contributed by atoms with Gasteiger partial charge in [0.2, 0.25) is 5.71 Å². The van der Waals surface area contributed by atoms with Crippen molar-refractivity contribution in [2.75, 3.05) is 20.3 Å². The molecule has 1 N–H and O–H groups in total. The number of nitrogens with zero attached hydrogens (tertiary/aromatic N) is 5. The van der Waals surface area contributed by atoms with Crippen LogP contribution in [0.1, 0.15) is 17.9 Å². The van der Waals surface area contributed by atoms with E-state index in [0.717, 1.165) is 52.1 Å². The summed E-state index contributed by atoms with van der Waals surface area (Å²) in [7, 11) is 1.66. The number of aromatic nitrogens is 6. The minimum atomic E-state index is 0.553. The molecule has 3 aromatic heterocycles. The Kier molecular flexibility index (Phi) is 6.53. The average molecular weight is 457 g/mol. The minimum Gasteiger partial charge on any atom is -0.497 e. The maximum absolute atomic E-state index is 6.29. The second-order valence-electron chi connectivity index (χ2n) is 7.72. The van der Waals surface area contributed by atoms with Crippen LogP contribution in [0.3, 0.4) is 0 Å². The molecule has 5 rings (SSSR count). The number of fused-ring (bicyclic) bond motifs is 1. The van der Waals surface area contributed by atoms with E-state index >= 15 is 0 Å². The molecule has 0 saturated carbocycles. The van der Waals surface area contributed by atoms with Crippen LogP contribution in [0.4, 0.5) is 0 Å². The highest BCUT2D eigenvalue weighted by Gasteiger charge is 2.21. The zero-order valence-corrected chi connectivity index (χ0v) is 18.8. The van der Waals surface area contributed by atoms with Gasteiger partial charge in [0.1, 0.15) is 17.8 Å². The second-order valence-corrected chi connectivity index (χ2v) is 7.72. The number of nitrogens with one attached hydrogen (secondary N) is 1. The lowest BCUT2D eigenvalue weighted by Crippen LogP contribution is -2.03. The van der Waals surface area contributed by atoms with Crippen molar-refractivity contribution < 1.29 is 13.9 Å². The van der Waals surface area contributed by atoms with Crippen LogP contribution in [0.5, 0.6) is 5.75 Å². The molecule has 0 radical (unpaired) electrons. The number of aromatic amines is 1.